The van der Waals surface area contributed by atoms with E-state index < -0.39 is 29.0 Å². The summed E-state index contributed by atoms with van der Waals surface area (Å²) in [5, 5.41) is 0. The number of halogens is 4. The second-order valence-electron chi connectivity index (χ2n) is 4.61. The fourth-order valence-electron chi connectivity index (χ4n) is 2.05. The molecular formula is C13H13F4NO2. The maximum absolute atomic E-state index is 13.6. The summed E-state index contributed by atoms with van der Waals surface area (Å²) >= 11 is 0. The van der Waals surface area contributed by atoms with Crippen LogP contribution in [-0.4, -0.2) is 36.6 Å². The number of morpholine rings is 1. The first-order valence-electron chi connectivity index (χ1n) is 6.06. The molecule has 20 heavy (non-hydrogen) atoms. The van der Waals surface area contributed by atoms with E-state index >= 15 is 0 Å². The molecule has 1 atom stereocenters. The third kappa shape index (κ3) is 2.92. The van der Waals surface area contributed by atoms with Crippen LogP contribution < -0.4 is 0 Å². The van der Waals surface area contributed by atoms with Crippen LogP contribution in [0.1, 0.15) is 22.8 Å². The summed E-state index contributed by atoms with van der Waals surface area (Å²) in [7, 11) is 0. The second kappa shape index (κ2) is 5.40. The van der Waals surface area contributed by atoms with Gasteiger partial charge in [-0.1, -0.05) is 0 Å². The van der Waals surface area contributed by atoms with E-state index in [1.807, 2.05) is 0 Å². The van der Waals surface area contributed by atoms with Crippen LogP contribution in [0, 0.1) is 5.82 Å². The molecule has 0 saturated carbocycles. The van der Waals surface area contributed by atoms with Crippen molar-refractivity contribution in [1.29, 1.82) is 0 Å². The van der Waals surface area contributed by atoms with Crippen LogP contribution in [0.3, 0.4) is 0 Å². The number of carbonyl (C=O) groups excluding carboxylic acids is 1. The summed E-state index contributed by atoms with van der Waals surface area (Å²) in [6.07, 6.45) is -4.61. The van der Waals surface area contributed by atoms with E-state index in [9.17, 15) is 22.4 Å². The zero-order chi connectivity index (χ0) is 14.9. The van der Waals surface area contributed by atoms with E-state index in [0.29, 0.717) is 18.2 Å². The topological polar surface area (TPSA) is 29.5 Å². The molecule has 3 nitrogen and oxygen atoms in total. The zero-order valence-corrected chi connectivity index (χ0v) is 10.7. The van der Waals surface area contributed by atoms with Gasteiger partial charge in [0.05, 0.1) is 30.4 Å². The van der Waals surface area contributed by atoms with Crippen LogP contribution in [0.2, 0.25) is 0 Å². The third-order valence-corrected chi connectivity index (χ3v) is 3.15. The van der Waals surface area contributed by atoms with Gasteiger partial charge in [0.1, 0.15) is 5.82 Å². The van der Waals surface area contributed by atoms with Gasteiger partial charge in [0.2, 0.25) is 0 Å². The Balaban J connectivity index is 2.33. The van der Waals surface area contributed by atoms with Crippen molar-refractivity contribution >= 4 is 5.91 Å². The molecule has 1 amide bonds. The first-order chi connectivity index (χ1) is 9.30. The highest BCUT2D eigenvalue weighted by molar-refractivity contribution is 5.95. The average molecular weight is 291 g/mol. The fraction of sp³-hybridized carbons (Fsp3) is 0.462. The SMILES string of the molecule is C[C@@H]1COCCN1C(=O)c1cc(C(F)(F)F)ccc1F. The summed E-state index contributed by atoms with van der Waals surface area (Å²) in [6, 6.07) is 1.54. The Labute approximate surface area is 113 Å². The summed E-state index contributed by atoms with van der Waals surface area (Å²) in [6.45, 7) is 2.50. The number of amides is 1. The molecule has 1 aromatic rings. The summed E-state index contributed by atoms with van der Waals surface area (Å²) in [5.41, 5.74) is -1.60. The van der Waals surface area contributed by atoms with E-state index in [-0.39, 0.29) is 25.8 Å². The molecule has 1 heterocycles. The van der Waals surface area contributed by atoms with Crippen LogP contribution in [0.25, 0.3) is 0 Å². The van der Waals surface area contributed by atoms with Gasteiger partial charge in [0, 0.05) is 6.54 Å². The molecule has 7 heteroatoms. The van der Waals surface area contributed by atoms with Gasteiger partial charge in [0.25, 0.3) is 5.91 Å². The lowest BCUT2D eigenvalue weighted by Gasteiger charge is -2.33. The molecular weight excluding hydrogens is 278 g/mol. The minimum atomic E-state index is -4.61. The number of carbonyl (C=O) groups is 1. The molecule has 0 aliphatic carbocycles. The number of nitrogens with zero attached hydrogens (tertiary/aromatic N) is 1. The molecule has 110 valence electrons. The lowest BCUT2D eigenvalue weighted by Crippen LogP contribution is -2.47. The number of hydrogen-bond donors (Lipinski definition) is 0. The van der Waals surface area contributed by atoms with Gasteiger partial charge in [-0.2, -0.15) is 13.2 Å². The van der Waals surface area contributed by atoms with Gasteiger partial charge in [-0.3, -0.25) is 4.79 Å². The summed E-state index contributed by atoms with van der Waals surface area (Å²) in [4.78, 5) is 13.5. The Morgan fingerprint density at radius 1 is 1.40 bits per heavy atom. The van der Waals surface area contributed by atoms with Crippen LogP contribution in [0.5, 0.6) is 0 Å². The van der Waals surface area contributed by atoms with Crippen LogP contribution >= 0.6 is 0 Å². The van der Waals surface area contributed by atoms with Gasteiger partial charge in [0.15, 0.2) is 0 Å². The Hall–Kier alpha value is -1.63. The summed E-state index contributed by atoms with van der Waals surface area (Å²) in [5.74, 6) is -1.70. The predicted molar refractivity (Wildman–Crippen MR) is 62.7 cm³/mol. The lowest BCUT2D eigenvalue weighted by molar-refractivity contribution is -0.137. The van der Waals surface area contributed by atoms with Crippen molar-refractivity contribution in [2.24, 2.45) is 0 Å². The van der Waals surface area contributed by atoms with Gasteiger partial charge < -0.3 is 9.64 Å². The van der Waals surface area contributed by atoms with E-state index in [1.54, 1.807) is 6.92 Å². The molecule has 1 aliphatic heterocycles. The van der Waals surface area contributed by atoms with Crippen molar-refractivity contribution in [1.82, 2.24) is 4.90 Å². The Morgan fingerprint density at radius 2 is 2.10 bits per heavy atom. The second-order valence-corrected chi connectivity index (χ2v) is 4.61. The number of hydrogen-bond acceptors (Lipinski definition) is 2. The van der Waals surface area contributed by atoms with Crippen molar-refractivity contribution in [3.8, 4) is 0 Å². The molecule has 1 aliphatic rings. The fourth-order valence-corrected chi connectivity index (χ4v) is 2.05. The maximum Gasteiger partial charge on any atom is 0.416 e. The van der Waals surface area contributed by atoms with E-state index in [2.05, 4.69) is 0 Å². The predicted octanol–water partition coefficient (Wildman–Crippen LogP) is 2.71. The van der Waals surface area contributed by atoms with Crippen molar-refractivity contribution in [2.75, 3.05) is 19.8 Å². The van der Waals surface area contributed by atoms with Gasteiger partial charge in [-0.15, -0.1) is 0 Å². The monoisotopic (exact) mass is 291 g/mol. The number of alkyl halides is 3. The molecule has 0 N–H and O–H groups in total. The van der Waals surface area contributed by atoms with Crippen molar-refractivity contribution in [3.63, 3.8) is 0 Å². The maximum atomic E-state index is 13.6. The highest BCUT2D eigenvalue weighted by Crippen LogP contribution is 2.30. The normalized spacial score (nSPS) is 20.1. The molecule has 2 rings (SSSR count). The van der Waals surface area contributed by atoms with E-state index in [4.69, 9.17) is 4.74 Å². The van der Waals surface area contributed by atoms with Gasteiger partial charge in [-0.05, 0) is 25.1 Å². The zero-order valence-electron chi connectivity index (χ0n) is 10.7. The number of ether oxygens (including phenoxy) is 1. The average Bonchev–Trinajstić information content (AvgIpc) is 2.37. The molecule has 0 unspecified atom stereocenters. The van der Waals surface area contributed by atoms with Crippen molar-refractivity contribution in [2.45, 2.75) is 19.1 Å². The number of rotatable bonds is 1. The molecule has 0 aromatic heterocycles. The van der Waals surface area contributed by atoms with Gasteiger partial charge >= 0.3 is 6.18 Å². The molecule has 0 bridgehead atoms. The molecule has 0 radical (unpaired) electrons. The number of benzene rings is 1. The Bertz CT molecular complexity index is 516. The highest BCUT2D eigenvalue weighted by atomic mass is 19.4. The minimum Gasteiger partial charge on any atom is -0.377 e. The Kier molecular flexibility index (Phi) is 3.99. The largest absolute Gasteiger partial charge is 0.416 e. The first kappa shape index (κ1) is 14.8. The van der Waals surface area contributed by atoms with Crippen molar-refractivity contribution in [3.05, 3.63) is 35.1 Å². The van der Waals surface area contributed by atoms with Crippen LogP contribution in [-0.2, 0) is 10.9 Å². The molecule has 1 fully saturated rings. The quantitative estimate of drug-likeness (QED) is 0.745. The van der Waals surface area contributed by atoms with Gasteiger partial charge in [-0.25, -0.2) is 4.39 Å². The standard InChI is InChI=1S/C13H13F4NO2/c1-8-7-20-5-4-18(8)12(19)10-6-9(13(15,16)17)2-3-11(10)14/h2-3,6,8H,4-5,7H2,1H3/t8-/m1/s1. The van der Waals surface area contributed by atoms with E-state index in [1.165, 1.54) is 4.90 Å². The molecule has 0 spiro atoms. The van der Waals surface area contributed by atoms with Crippen LogP contribution in [0.15, 0.2) is 18.2 Å². The smallest absolute Gasteiger partial charge is 0.377 e. The highest BCUT2D eigenvalue weighted by Gasteiger charge is 2.33. The summed E-state index contributed by atoms with van der Waals surface area (Å²) < 4.78 is 56.6. The van der Waals surface area contributed by atoms with E-state index in [0.717, 1.165) is 0 Å². The van der Waals surface area contributed by atoms with Crippen molar-refractivity contribution < 1.29 is 27.1 Å². The lowest BCUT2D eigenvalue weighted by atomic mass is 10.1. The van der Waals surface area contributed by atoms with Crippen LogP contribution in [0.4, 0.5) is 17.6 Å². The minimum absolute atomic E-state index is 0.232. The third-order valence-electron chi connectivity index (χ3n) is 3.15. The molecule has 1 saturated heterocycles. The molecule has 1 aromatic carbocycles. The first-order valence-corrected chi connectivity index (χ1v) is 6.06. The Morgan fingerprint density at radius 3 is 2.70 bits per heavy atom.